The third-order valence-electron chi connectivity index (χ3n) is 5.09. The topological polar surface area (TPSA) is 67.8 Å². The van der Waals surface area contributed by atoms with Crippen molar-refractivity contribution in [3.63, 3.8) is 0 Å². The smallest absolute Gasteiger partial charge is 0.251 e. The second-order valence-corrected chi connectivity index (χ2v) is 7.39. The molecule has 0 fully saturated rings. The number of carbonyl (C=O) groups excluding carboxylic acids is 1. The van der Waals surface area contributed by atoms with Crippen LogP contribution in [0.5, 0.6) is 11.5 Å². The van der Waals surface area contributed by atoms with Crippen molar-refractivity contribution in [1.82, 2.24) is 5.32 Å². The third-order valence-corrected chi connectivity index (χ3v) is 5.09. The molecule has 162 valence electrons. The maximum absolute atomic E-state index is 13.7. The number of nitrogens with one attached hydrogen (secondary N) is 1. The Morgan fingerprint density at radius 1 is 0.903 bits per heavy atom. The Morgan fingerprint density at radius 2 is 1.52 bits per heavy atom. The largest absolute Gasteiger partial charge is 0.497 e. The summed E-state index contributed by atoms with van der Waals surface area (Å²) in [5.74, 6) is 0.686. The van der Waals surface area contributed by atoms with E-state index in [1.54, 1.807) is 32.4 Å². The van der Waals surface area contributed by atoms with Crippen molar-refractivity contribution >= 4 is 5.91 Å². The Balaban J connectivity index is 1.89. The zero-order valence-corrected chi connectivity index (χ0v) is 18.1. The molecular weight excluding hydrogens is 397 g/mol. The summed E-state index contributed by atoms with van der Waals surface area (Å²) < 4.78 is 24.3. The van der Waals surface area contributed by atoms with Gasteiger partial charge in [0, 0.05) is 18.2 Å². The highest BCUT2D eigenvalue weighted by molar-refractivity contribution is 5.96. The number of hydrogen-bond donors (Lipinski definition) is 2. The predicted octanol–water partition coefficient (Wildman–Crippen LogP) is 4.55. The molecule has 6 heteroatoms. The SMILES string of the molecule is COc1cc(CNC(=O)c2cc(CO)cc(-c3c(C)cc(F)cc3C)c2)cc(OC)c1. The van der Waals surface area contributed by atoms with Gasteiger partial charge >= 0.3 is 0 Å². The first-order chi connectivity index (χ1) is 14.8. The first-order valence-corrected chi connectivity index (χ1v) is 9.86. The van der Waals surface area contributed by atoms with Crippen molar-refractivity contribution in [1.29, 1.82) is 0 Å². The number of carbonyl (C=O) groups is 1. The molecule has 2 N–H and O–H groups in total. The molecule has 0 spiro atoms. The van der Waals surface area contributed by atoms with Crippen LogP contribution in [0, 0.1) is 19.7 Å². The summed E-state index contributed by atoms with van der Waals surface area (Å²) in [5, 5.41) is 12.6. The standard InChI is InChI=1S/C25H26FNO4/c1-15-5-21(26)6-16(2)24(15)19-7-18(14-28)8-20(11-19)25(29)27-13-17-9-22(30-3)12-23(10-17)31-4/h5-12,28H,13-14H2,1-4H3,(H,27,29). The summed E-state index contributed by atoms with van der Waals surface area (Å²) in [6, 6.07) is 13.6. The lowest BCUT2D eigenvalue weighted by atomic mass is 9.93. The molecule has 0 heterocycles. The summed E-state index contributed by atoms with van der Waals surface area (Å²) in [4.78, 5) is 12.9. The second-order valence-electron chi connectivity index (χ2n) is 7.39. The maximum Gasteiger partial charge on any atom is 0.251 e. The fourth-order valence-electron chi connectivity index (χ4n) is 3.68. The summed E-state index contributed by atoms with van der Waals surface area (Å²) >= 11 is 0. The van der Waals surface area contributed by atoms with Crippen LogP contribution in [0.3, 0.4) is 0 Å². The van der Waals surface area contributed by atoms with Gasteiger partial charge in [-0.05, 0) is 89.7 Å². The summed E-state index contributed by atoms with van der Waals surface area (Å²) in [7, 11) is 3.14. The van der Waals surface area contributed by atoms with Crippen molar-refractivity contribution in [3.05, 3.63) is 82.2 Å². The van der Waals surface area contributed by atoms with Gasteiger partial charge < -0.3 is 19.9 Å². The fourth-order valence-corrected chi connectivity index (χ4v) is 3.68. The molecule has 0 bridgehead atoms. The number of rotatable bonds is 7. The van der Waals surface area contributed by atoms with Crippen LogP contribution in [0.15, 0.2) is 48.5 Å². The molecule has 5 nitrogen and oxygen atoms in total. The number of aliphatic hydroxyl groups is 1. The predicted molar refractivity (Wildman–Crippen MR) is 118 cm³/mol. The fraction of sp³-hybridized carbons (Fsp3) is 0.240. The average molecular weight is 423 g/mol. The van der Waals surface area contributed by atoms with Gasteiger partial charge in [0.15, 0.2) is 0 Å². The lowest BCUT2D eigenvalue weighted by Gasteiger charge is -2.14. The van der Waals surface area contributed by atoms with E-state index in [4.69, 9.17) is 9.47 Å². The minimum atomic E-state index is -0.302. The molecular formula is C25H26FNO4. The number of amides is 1. The van der Waals surface area contributed by atoms with E-state index < -0.39 is 0 Å². The van der Waals surface area contributed by atoms with E-state index in [-0.39, 0.29) is 24.9 Å². The Bertz CT molecular complexity index is 1070. The van der Waals surface area contributed by atoms with Crippen LogP contribution in [-0.4, -0.2) is 25.2 Å². The molecule has 3 aromatic rings. The maximum atomic E-state index is 13.7. The number of ether oxygens (including phenoxy) is 2. The normalized spacial score (nSPS) is 10.6. The quantitative estimate of drug-likeness (QED) is 0.585. The van der Waals surface area contributed by atoms with Gasteiger partial charge in [-0.25, -0.2) is 4.39 Å². The molecule has 31 heavy (non-hydrogen) atoms. The van der Waals surface area contributed by atoms with Gasteiger partial charge in [0.1, 0.15) is 17.3 Å². The molecule has 0 saturated carbocycles. The molecule has 0 atom stereocenters. The van der Waals surface area contributed by atoms with Crippen LogP contribution in [0.2, 0.25) is 0 Å². The third kappa shape index (κ3) is 5.22. The van der Waals surface area contributed by atoms with Crippen molar-refractivity contribution in [2.45, 2.75) is 27.0 Å². The number of aryl methyl sites for hydroxylation is 2. The number of methoxy groups -OCH3 is 2. The number of aliphatic hydroxyl groups excluding tert-OH is 1. The molecule has 3 aromatic carbocycles. The molecule has 0 aliphatic rings. The van der Waals surface area contributed by atoms with Gasteiger partial charge in [-0.15, -0.1) is 0 Å². The number of halogens is 1. The van der Waals surface area contributed by atoms with Gasteiger partial charge in [-0.2, -0.15) is 0 Å². The molecule has 0 saturated heterocycles. The van der Waals surface area contributed by atoms with Crippen LogP contribution >= 0.6 is 0 Å². The van der Waals surface area contributed by atoms with E-state index in [9.17, 15) is 14.3 Å². The lowest BCUT2D eigenvalue weighted by molar-refractivity contribution is 0.0950. The second kappa shape index (κ2) is 9.62. The van der Waals surface area contributed by atoms with Gasteiger partial charge in [0.2, 0.25) is 0 Å². The van der Waals surface area contributed by atoms with Gasteiger partial charge in [0.05, 0.1) is 20.8 Å². The summed E-state index contributed by atoms with van der Waals surface area (Å²) in [6.45, 7) is 3.72. The van der Waals surface area contributed by atoms with E-state index in [2.05, 4.69) is 5.32 Å². The molecule has 0 radical (unpaired) electrons. The summed E-state index contributed by atoms with van der Waals surface area (Å²) in [6.07, 6.45) is 0. The van der Waals surface area contributed by atoms with Crippen molar-refractivity contribution in [2.75, 3.05) is 14.2 Å². The lowest BCUT2D eigenvalue weighted by Crippen LogP contribution is -2.23. The highest BCUT2D eigenvalue weighted by Crippen LogP contribution is 2.30. The minimum Gasteiger partial charge on any atom is -0.497 e. The highest BCUT2D eigenvalue weighted by atomic mass is 19.1. The minimum absolute atomic E-state index is 0.208. The van der Waals surface area contributed by atoms with E-state index >= 15 is 0 Å². The molecule has 0 aliphatic heterocycles. The van der Waals surface area contributed by atoms with E-state index in [1.165, 1.54) is 12.1 Å². The van der Waals surface area contributed by atoms with Crippen molar-refractivity contribution < 1.29 is 23.8 Å². The number of benzene rings is 3. The van der Waals surface area contributed by atoms with Crippen LogP contribution in [0.1, 0.15) is 32.6 Å². The van der Waals surface area contributed by atoms with Gasteiger partial charge in [0.25, 0.3) is 5.91 Å². The molecule has 0 aromatic heterocycles. The molecule has 3 rings (SSSR count). The number of hydrogen-bond acceptors (Lipinski definition) is 4. The first-order valence-electron chi connectivity index (χ1n) is 9.86. The Morgan fingerprint density at radius 3 is 2.06 bits per heavy atom. The van der Waals surface area contributed by atoms with Gasteiger partial charge in [-0.3, -0.25) is 4.79 Å². The Kier molecular flexibility index (Phi) is 6.92. The average Bonchev–Trinajstić information content (AvgIpc) is 2.76. The van der Waals surface area contributed by atoms with Crippen LogP contribution < -0.4 is 14.8 Å². The Labute approximate surface area is 181 Å². The van der Waals surface area contributed by atoms with Crippen molar-refractivity contribution in [2.24, 2.45) is 0 Å². The van der Waals surface area contributed by atoms with E-state index in [0.29, 0.717) is 22.6 Å². The zero-order chi connectivity index (χ0) is 22.5. The Hall–Kier alpha value is -3.38. The molecule has 0 unspecified atom stereocenters. The van der Waals surface area contributed by atoms with Crippen LogP contribution in [0.25, 0.3) is 11.1 Å². The van der Waals surface area contributed by atoms with E-state index in [1.807, 2.05) is 32.0 Å². The van der Waals surface area contributed by atoms with Crippen LogP contribution in [-0.2, 0) is 13.2 Å². The van der Waals surface area contributed by atoms with Gasteiger partial charge in [-0.1, -0.05) is 0 Å². The van der Waals surface area contributed by atoms with Crippen molar-refractivity contribution in [3.8, 4) is 22.6 Å². The summed E-state index contributed by atoms with van der Waals surface area (Å²) in [5.41, 5.74) is 4.99. The first kappa shape index (κ1) is 22.3. The molecule has 1 amide bonds. The monoisotopic (exact) mass is 423 g/mol. The highest BCUT2D eigenvalue weighted by Gasteiger charge is 2.14. The molecule has 0 aliphatic carbocycles. The van der Waals surface area contributed by atoms with E-state index in [0.717, 1.165) is 27.8 Å². The zero-order valence-electron chi connectivity index (χ0n) is 18.1. The van der Waals surface area contributed by atoms with Crippen LogP contribution in [0.4, 0.5) is 4.39 Å².